The lowest BCUT2D eigenvalue weighted by Crippen LogP contribution is -2.05. The maximum absolute atomic E-state index is 5.07. The van der Waals surface area contributed by atoms with E-state index in [4.69, 9.17) is 15.0 Å². The third-order valence-corrected chi connectivity index (χ3v) is 7.98. The molecule has 9 aromatic rings. The summed E-state index contributed by atoms with van der Waals surface area (Å²) in [6, 6.07) is 42.2. The van der Waals surface area contributed by atoms with Gasteiger partial charge in [0, 0.05) is 28.7 Å². The van der Waals surface area contributed by atoms with E-state index in [2.05, 4.69) is 129 Å². The molecule has 0 spiro atoms. The quantitative estimate of drug-likeness (QED) is 0.234. The van der Waals surface area contributed by atoms with Gasteiger partial charge in [-0.05, 0) is 42.5 Å². The first-order valence-corrected chi connectivity index (χ1v) is 13.6. The molecule has 0 atom stereocenters. The van der Waals surface area contributed by atoms with E-state index < -0.39 is 0 Å². The second-order valence-electron chi connectivity index (χ2n) is 10.2. The van der Waals surface area contributed by atoms with Crippen molar-refractivity contribution < 1.29 is 0 Å². The number of hydrogen-bond acceptors (Lipinski definition) is 3. The molecule has 4 aromatic heterocycles. The molecule has 0 fully saturated rings. The van der Waals surface area contributed by atoms with Crippen LogP contribution in [0.5, 0.6) is 0 Å². The van der Waals surface area contributed by atoms with Crippen LogP contribution in [0, 0.1) is 0 Å². The van der Waals surface area contributed by atoms with Crippen molar-refractivity contribution in [3.63, 3.8) is 0 Å². The Morgan fingerprint density at radius 2 is 1.05 bits per heavy atom. The molecule has 6 heteroatoms. The van der Waals surface area contributed by atoms with Gasteiger partial charge in [-0.25, -0.2) is 9.97 Å². The number of aromatic nitrogens is 6. The summed E-state index contributed by atoms with van der Waals surface area (Å²) in [5.74, 6) is 1.55. The van der Waals surface area contributed by atoms with E-state index in [1.165, 1.54) is 10.8 Å². The first-order valence-electron chi connectivity index (χ1n) is 13.6. The summed E-state index contributed by atoms with van der Waals surface area (Å²) in [5.41, 5.74) is 9.24. The van der Waals surface area contributed by atoms with Gasteiger partial charge in [-0.3, -0.25) is 14.0 Å². The van der Waals surface area contributed by atoms with Crippen molar-refractivity contribution in [2.45, 2.75) is 0 Å². The zero-order chi connectivity index (χ0) is 26.9. The van der Waals surface area contributed by atoms with Crippen LogP contribution in [0.2, 0.25) is 0 Å². The van der Waals surface area contributed by atoms with Crippen molar-refractivity contribution in [3.05, 3.63) is 134 Å². The third kappa shape index (κ3) is 3.04. The van der Waals surface area contributed by atoms with E-state index in [0.717, 1.165) is 61.6 Å². The second kappa shape index (κ2) is 8.37. The summed E-state index contributed by atoms with van der Waals surface area (Å²) in [6.07, 6.45) is 3.53. The van der Waals surface area contributed by atoms with Crippen molar-refractivity contribution in [2.75, 3.05) is 0 Å². The average molecular weight is 527 g/mol. The molecule has 0 unspecified atom stereocenters. The normalized spacial score (nSPS) is 11.9. The lowest BCUT2D eigenvalue weighted by Gasteiger charge is -2.16. The van der Waals surface area contributed by atoms with Crippen LogP contribution in [-0.4, -0.2) is 28.5 Å². The molecule has 5 aromatic carbocycles. The van der Waals surface area contributed by atoms with Crippen molar-refractivity contribution in [1.29, 1.82) is 0 Å². The molecule has 0 N–H and O–H groups in total. The fourth-order valence-corrected chi connectivity index (χ4v) is 6.29. The SMILES string of the molecule is c1ccc(-n2c3ccccc3c3ccccc32)c(-c2nccnc2-n2c3ccccc3n3c4ccccc4nc23)c1. The Labute approximate surface area is 234 Å². The van der Waals surface area contributed by atoms with Crippen LogP contribution in [-0.2, 0) is 0 Å². The van der Waals surface area contributed by atoms with Crippen LogP contribution < -0.4 is 0 Å². The number of rotatable bonds is 3. The molecule has 0 amide bonds. The number of fused-ring (bicyclic) bond motifs is 8. The highest BCUT2D eigenvalue weighted by atomic mass is 15.2. The Morgan fingerprint density at radius 1 is 0.463 bits per heavy atom. The van der Waals surface area contributed by atoms with Gasteiger partial charge >= 0.3 is 0 Å². The summed E-state index contributed by atoms with van der Waals surface area (Å²) in [5, 5.41) is 2.44. The Morgan fingerprint density at radius 3 is 1.83 bits per heavy atom. The topological polar surface area (TPSA) is 52.9 Å². The molecule has 192 valence electrons. The molecule has 6 nitrogen and oxygen atoms in total. The molecule has 4 heterocycles. The number of imidazole rings is 2. The molecular formula is C35H22N6. The first-order chi connectivity index (χ1) is 20.4. The highest BCUT2D eigenvalue weighted by Gasteiger charge is 2.23. The minimum Gasteiger partial charge on any atom is -0.309 e. The number of hydrogen-bond donors (Lipinski definition) is 0. The van der Waals surface area contributed by atoms with E-state index in [1.807, 2.05) is 6.07 Å². The van der Waals surface area contributed by atoms with E-state index in [1.54, 1.807) is 12.4 Å². The van der Waals surface area contributed by atoms with Gasteiger partial charge < -0.3 is 4.57 Å². The fourth-order valence-electron chi connectivity index (χ4n) is 6.29. The Balaban J connectivity index is 1.38. The molecular weight excluding hydrogens is 504 g/mol. The van der Waals surface area contributed by atoms with Crippen LogP contribution in [0.1, 0.15) is 0 Å². The highest BCUT2D eigenvalue weighted by Crippen LogP contribution is 2.38. The summed E-state index contributed by atoms with van der Waals surface area (Å²) >= 11 is 0. The lowest BCUT2D eigenvalue weighted by atomic mass is 10.1. The number of nitrogens with zero attached hydrogens (tertiary/aromatic N) is 6. The highest BCUT2D eigenvalue weighted by molar-refractivity contribution is 6.09. The minimum atomic E-state index is 0.738. The molecule has 0 radical (unpaired) electrons. The number of para-hydroxylation sites is 7. The monoisotopic (exact) mass is 526 g/mol. The summed E-state index contributed by atoms with van der Waals surface area (Å²) in [7, 11) is 0. The Bertz CT molecular complexity index is 2390. The third-order valence-electron chi connectivity index (χ3n) is 7.98. The molecule has 0 aliphatic rings. The van der Waals surface area contributed by atoms with Gasteiger partial charge in [0.25, 0.3) is 0 Å². The average Bonchev–Trinajstić information content (AvgIpc) is 3.68. The second-order valence-corrected chi connectivity index (χ2v) is 10.2. The zero-order valence-electron chi connectivity index (χ0n) is 21.9. The maximum Gasteiger partial charge on any atom is 0.221 e. The van der Waals surface area contributed by atoms with Crippen molar-refractivity contribution in [3.8, 4) is 22.8 Å². The summed E-state index contributed by atoms with van der Waals surface area (Å²) in [4.78, 5) is 15.0. The number of benzene rings is 5. The van der Waals surface area contributed by atoms with Crippen LogP contribution in [0.25, 0.3) is 72.4 Å². The van der Waals surface area contributed by atoms with Gasteiger partial charge in [-0.2, -0.15) is 0 Å². The van der Waals surface area contributed by atoms with Gasteiger partial charge in [-0.1, -0.05) is 78.9 Å². The van der Waals surface area contributed by atoms with Gasteiger partial charge in [0.15, 0.2) is 5.82 Å². The minimum absolute atomic E-state index is 0.738. The largest absolute Gasteiger partial charge is 0.309 e. The predicted molar refractivity (Wildman–Crippen MR) is 165 cm³/mol. The fraction of sp³-hybridized carbons (Fsp3) is 0. The molecule has 0 aliphatic carbocycles. The van der Waals surface area contributed by atoms with E-state index in [-0.39, 0.29) is 0 Å². The van der Waals surface area contributed by atoms with Crippen LogP contribution in [0.3, 0.4) is 0 Å². The van der Waals surface area contributed by atoms with Gasteiger partial charge in [0.1, 0.15) is 5.69 Å². The molecule has 0 saturated carbocycles. The van der Waals surface area contributed by atoms with Gasteiger partial charge in [0.05, 0.1) is 38.8 Å². The summed E-state index contributed by atoms with van der Waals surface area (Å²) in [6.45, 7) is 0. The van der Waals surface area contributed by atoms with E-state index in [0.29, 0.717) is 0 Å². The maximum atomic E-state index is 5.07. The van der Waals surface area contributed by atoms with Crippen LogP contribution in [0.15, 0.2) is 134 Å². The molecule has 0 saturated heterocycles. The Hall–Kier alpha value is -5.75. The first kappa shape index (κ1) is 22.1. The van der Waals surface area contributed by atoms with E-state index in [9.17, 15) is 0 Å². The van der Waals surface area contributed by atoms with Gasteiger partial charge in [0.2, 0.25) is 5.78 Å². The molecule has 0 bridgehead atoms. The standard InChI is InChI=1S/C35H22N6/c1-5-15-27-23(11-1)24-12-2-6-16-28(24)39(27)29-17-7-3-13-25(29)33-34(37-22-21-36-33)41-32-20-10-9-19-31(32)40-30-18-8-4-14-26(30)38-35(40)41/h1-22H. The van der Waals surface area contributed by atoms with Crippen LogP contribution >= 0.6 is 0 Å². The van der Waals surface area contributed by atoms with Crippen molar-refractivity contribution >= 4 is 49.7 Å². The van der Waals surface area contributed by atoms with Crippen molar-refractivity contribution in [1.82, 2.24) is 28.5 Å². The molecule has 41 heavy (non-hydrogen) atoms. The molecule has 0 aliphatic heterocycles. The molecule has 9 rings (SSSR count). The van der Waals surface area contributed by atoms with Crippen molar-refractivity contribution in [2.24, 2.45) is 0 Å². The smallest absolute Gasteiger partial charge is 0.221 e. The lowest BCUT2D eigenvalue weighted by molar-refractivity contribution is 1.01. The predicted octanol–water partition coefficient (Wildman–Crippen LogP) is 7.99. The summed E-state index contributed by atoms with van der Waals surface area (Å²) < 4.78 is 6.69. The Kier molecular flexibility index (Phi) is 4.51. The van der Waals surface area contributed by atoms with E-state index >= 15 is 0 Å². The van der Waals surface area contributed by atoms with Crippen LogP contribution in [0.4, 0.5) is 0 Å². The van der Waals surface area contributed by atoms with Gasteiger partial charge in [-0.15, -0.1) is 0 Å². The zero-order valence-corrected chi connectivity index (χ0v) is 21.9.